The minimum atomic E-state index is -3.69. The number of rotatable bonds is 5. The molecule has 0 atom stereocenters. The summed E-state index contributed by atoms with van der Waals surface area (Å²) >= 11 is 0. The van der Waals surface area contributed by atoms with Gasteiger partial charge in [0.25, 0.3) is 0 Å². The molecule has 1 saturated heterocycles. The van der Waals surface area contributed by atoms with Gasteiger partial charge in [0, 0.05) is 19.6 Å². The van der Waals surface area contributed by atoms with Crippen molar-refractivity contribution in [1.82, 2.24) is 9.62 Å². The molecule has 3 rings (SSSR count). The van der Waals surface area contributed by atoms with E-state index in [1.54, 1.807) is 29.2 Å². The molecule has 2 aromatic rings. The van der Waals surface area contributed by atoms with Crippen molar-refractivity contribution in [3.63, 3.8) is 0 Å². The summed E-state index contributed by atoms with van der Waals surface area (Å²) in [6.45, 7) is 2.82. The average molecular weight is 406 g/mol. The van der Waals surface area contributed by atoms with E-state index in [0.29, 0.717) is 31.7 Å². The molecule has 1 N–H and O–H groups in total. The molecule has 1 heterocycles. The van der Waals surface area contributed by atoms with Crippen molar-refractivity contribution in [2.24, 2.45) is 5.92 Å². The van der Waals surface area contributed by atoms with Crippen LogP contribution in [0, 0.1) is 18.7 Å². The highest BCUT2D eigenvalue weighted by Gasteiger charge is 2.25. The number of nitrogens with zero attached hydrogens (tertiary/aromatic N) is 1. The zero-order valence-electron chi connectivity index (χ0n) is 15.6. The number of ether oxygens (including phenoxy) is 1. The molecule has 8 heteroatoms. The molecule has 0 spiro atoms. The van der Waals surface area contributed by atoms with E-state index in [-0.39, 0.29) is 22.9 Å². The summed E-state index contributed by atoms with van der Waals surface area (Å²) in [4.78, 5) is 13.9. The molecule has 0 saturated carbocycles. The Labute approximate surface area is 164 Å². The summed E-state index contributed by atoms with van der Waals surface area (Å²) in [5, 5.41) is 0. The van der Waals surface area contributed by atoms with Crippen LogP contribution in [0.25, 0.3) is 0 Å². The summed E-state index contributed by atoms with van der Waals surface area (Å²) in [6, 6.07) is 12.6. The maximum absolute atomic E-state index is 13.3. The molecule has 1 aliphatic heterocycles. The Morgan fingerprint density at radius 2 is 1.86 bits per heavy atom. The molecule has 2 aromatic carbocycles. The van der Waals surface area contributed by atoms with Gasteiger partial charge < -0.3 is 9.64 Å². The lowest BCUT2D eigenvalue weighted by atomic mass is 9.97. The van der Waals surface area contributed by atoms with Gasteiger partial charge in [-0.1, -0.05) is 18.2 Å². The van der Waals surface area contributed by atoms with Crippen LogP contribution in [0.3, 0.4) is 0 Å². The summed E-state index contributed by atoms with van der Waals surface area (Å²) in [6.07, 6.45) is 0.955. The molecule has 150 valence electrons. The van der Waals surface area contributed by atoms with Crippen molar-refractivity contribution < 1.29 is 22.3 Å². The molecule has 0 bridgehead atoms. The molecule has 0 aromatic heterocycles. The predicted octanol–water partition coefficient (Wildman–Crippen LogP) is 3.32. The minimum absolute atomic E-state index is 0.0512. The number of hydrogen-bond acceptors (Lipinski definition) is 4. The summed E-state index contributed by atoms with van der Waals surface area (Å²) < 4.78 is 46.1. The van der Waals surface area contributed by atoms with Crippen LogP contribution < -0.4 is 9.46 Å². The van der Waals surface area contributed by atoms with Gasteiger partial charge in [0.1, 0.15) is 11.6 Å². The van der Waals surface area contributed by atoms with Crippen molar-refractivity contribution in [3.8, 4) is 5.75 Å². The van der Waals surface area contributed by atoms with Gasteiger partial charge in [-0.3, -0.25) is 0 Å². The first-order valence-electron chi connectivity index (χ1n) is 9.13. The Bertz CT molecular complexity index is 926. The van der Waals surface area contributed by atoms with E-state index in [1.165, 1.54) is 19.1 Å². The third-order valence-electron chi connectivity index (χ3n) is 4.82. The number of nitrogens with one attached hydrogen (secondary N) is 1. The van der Waals surface area contributed by atoms with Gasteiger partial charge in [-0.25, -0.2) is 22.3 Å². The fraction of sp³-hybridized carbons (Fsp3) is 0.350. The molecule has 1 fully saturated rings. The summed E-state index contributed by atoms with van der Waals surface area (Å²) in [5.74, 6) is 0.183. The zero-order valence-corrected chi connectivity index (χ0v) is 16.4. The summed E-state index contributed by atoms with van der Waals surface area (Å²) in [5.41, 5.74) is 0.285. The quantitative estimate of drug-likeness (QED) is 0.827. The van der Waals surface area contributed by atoms with E-state index in [1.807, 2.05) is 6.07 Å². The number of halogens is 1. The molecular weight excluding hydrogens is 383 g/mol. The molecule has 1 amide bonds. The second kappa shape index (κ2) is 8.70. The molecular formula is C20H23FN2O4S. The van der Waals surface area contributed by atoms with Gasteiger partial charge in [0.15, 0.2) is 0 Å². The van der Waals surface area contributed by atoms with Gasteiger partial charge in [-0.2, -0.15) is 0 Å². The average Bonchev–Trinajstić information content (AvgIpc) is 2.69. The fourth-order valence-electron chi connectivity index (χ4n) is 3.07. The van der Waals surface area contributed by atoms with Crippen LogP contribution >= 0.6 is 0 Å². The van der Waals surface area contributed by atoms with E-state index in [9.17, 15) is 17.6 Å². The first-order valence-corrected chi connectivity index (χ1v) is 10.6. The molecule has 28 heavy (non-hydrogen) atoms. The van der Waals surface area contributed by atoms with Crippen LogP contribution in [0.1, 0.15) is 18.4 Å². The van der Waals surface area contributed by atoms with Crippen LogP contribution in [0.5, 0.6) is 5.75 Å². The predicted molar refractivity (Wildman–Crippen MR) is 103 cm³/mol. The highest BCUT2D eigenvalue weighted by molar-refractivity contribution is 7.89. The van der Waals surface area contributed by atoms with Crippen LogP contribution in [0.4, 0.5) is 9.18 Å². The normalized spacial score (nSPS) is 15.4. The number of carbonyl (C=O) groups excluding carboxylic acids is 1. The van der Waals surface area contributed by atoms with Gasteiger partial charge in [-0.15, -0.1) is 0 Å². The van der Waals surface area contributed by atoms with Gasteiger partial charge >= 0.3 is 6.09 Å². The molecule has 0 aliphatic carbocycles. The number of aryl methyl sites for hydroxylation is 1. The number of hydrogen-bond donors (Lipinski definition) is 1. The number of piperidine rings is 1. The SMILES string of the molecule is Cc1cc(S(=O)(=O)NCC2CCN(C(=O)Oc3ccccc3)CC2)ccc1F. The highest BCUT2D eigenvalue weighted by Crippen LogP contribution is 2.20. The lowest BCUT2D eigenvalue weighted by molar-refractivity contribution is 0.131. The Kier molecular flexibility index (Phi) is 6.31. The number of benzene rings is 2. The zero-order chi connectivity index (χ0) is 20.1. The number of likely N-dealkylation sites (tertiary alicyclic amines) is 1. The van der Waals surface area contributed by atoms with Crippen molar-refractivity contribution in [1.29, 1.82) is 0 Å². The monoisotopic (exact) mass is 406 g/mol. The maximum atomic E-state index is 13.3. The van der Waals surface area contributed by atoms with E-state index < -0.39 is 21.9 Å². The number of sulfonamides is 1. The Morgan fingerprint density at radius 1 is 1.18 bits per heavy atom. The topological polar surface area (TPSA) is 75.7 Å². The maximum Gasteiger partial charge on any atom is 0.415 e. The second-order valence-corrected chi connectivity index (χ2v) is 8.64. The van der Waals surface area contributed by atoms with Crippen LogP contribution in [-0.4, -0.2) is 39.0 Å². The minimum Gasteiger partial charge on any atom is -0.410 e. The molecule has 0 unspecified atom stereocenters. The number of para-hydroxylation sites is 1. The van der Waals surface area contributed by atoms with Gasteiger partial charge in [-0.05, 0) is 61.6 Å². The lowest BCUT2D eigenvalue weighted by Gasteiger charge is -2.31. The van der Waals surface area contributed by atoms with E-state index in [0.717, 1.165) is 6.07 Å². The third kappa shape index (κ3) is 5.08. The van der Waals surface area contributed by atoms with Crippen LogP contribution in [-0.2, 0) is 10.0 Å². The van der Waals surface area contributed by atoms with Crippen molar-refractivity contribution in [2.75, 3.05) is 19.6 Å². The van der Waals surface area contributed by atoms with Crippen molar-refractivity contribution in [3.05, 3.63) is 59.9 Å². The molecule has 6 nitrogen and oxygen atoms in total. The van der Waals surface area contributed by atoms with E-state index >= 15 is 0 Å². The van der Waals surface area contributed by atoms with E-state index in [2.05, 4.69) is 4.72 Å². The Balaban J connectivity index is 1.49. The van der Waals surface area contributed by atoms with E-state index in [4.69, 9.17) is 4.74 Å². The van der Waals surface area contributed by atoms with Gasteiger partial charge in [0.2, 0.25) is 10.0 Å². The Hall–Kier alpha value is -2.45. The van der Waals surface area contributed by atoms with Crippen molar-refractivity contribution >= 4 is 16.1 Å². The molecule has 1 aliphatic rings. The van der Waals surface area contributed by atoms with Crippen LogP contribution in [0.2, 0.25) is 0 Å². The standard InChI is InChI=1S/C20H23FN2O4S/c1-15-13-18(7-8-19(15)21)28(25,26)22-14-16-9-11-23(12-10-16)20(24)27-17-5-3-2-4-6-17/h2-8,13,16,22H,9-12,14H2,1H3. The first-order chi connectivity index (χ1) is 13.3. The fourth-order valence-corrected chi connectivity index (χ4v) is 4.27. The number of amides is 1. The smallest absolute Gasteiger partial charge is 0.410 e. The first kappa shape index (κ1) is 20.3. The molecule has 0 radical (unpaired) electrons. The largest absolute Gasteiger partial charge is 0.415 e. The summed E-state index contributed by atoms with van der Waals surface area (Å²) in [7, 11) is -3.69. The lowest BCUT2D eigenvalue weighted by Crippen LogP contribution is -2.42. The third-order valence-corrected chi connectivity index (χ3v) is 6.24. The van der Waals surface area contributed by atoms with Crippen molar-refractivity contribution in [2.45, 2.75) is 24.7 Å². The second-order valence-electron chi connectivity index (χ2n) is 6.87. The van der Waals surface area contributed by atoms with Gasteiger partial charge in [0.05, 0.1) is 4.90 Å². The Morgan fingerprint density at radius 3 is 2.50 bits per heavy atom. The number of carbonyl (C=O) groups is 1. The highest BCUT2D eigenvalue weighted by atomic mass is 32.2. The van der Waals surface area contributed by atoms with Crippen LogP contribution in [0.15, 0.2) is 53.4 Å².